The number of aliphatic imine (C=N–C) groups is 1. The Hall–Kier alpha value is -2.10. The molecule has 0 atom stereocenters. The van der Waals surface area contributed by atoms with Crippen molar-refractivity contribution in [3.8, 4) is 0 Å². The fourth-order valence-corrected chi connectivity index (χ4v) is 1.45. The maximum absolute atomic E-state index is 5.52. The molecule has 0 aromatic carbocycles. The molecule has 0 saturated heterocycles. The standard InChI is InChI=1S/C11H12N4/c1-13-6-10(5-12)9-4-8-2-3-14-11(8)15-7-9/h2-7H,12H2,1H3,(H,14,15)/b10-5+,13-6?. The van der Waals surface area contributed by atoms with Crippen molar-refractivity contribution in [2.45, 2.75) is 0 Å². The first-order valence-corrected chi connectivity index (χ1v) is 4.62. The number of nitrogens with one attached hydrogen (secondary N) is 1. The van der Waals surface area contributed by atoms with E-state index in [4.69, 9.17) is 5.73 Å². The number of aromatic amines is 1. The maximum Gasteiger partial charge on any atom is 0.137 e. The molecule has 2 heterocycles. The molecule has 2 aromatic rings. The summed E-state index contributed by atoms with van der Waals surface area (Å²) in [4.78, 5) is 11.3. The highest BCUT2D eigenvalue weighted by Crippen LogP contribution is 2.16. The highest BCUT2D eigenvalue weighted by molar-refractivity contribution is 6.10. The van der Waals surface area contributed by atoms with Crippen molar-refractivity contribution in [1.82, 2.24) is 9.97 Å². The molecule has 2 rings (SSSR count). The summed E-state index contributed by atoms with van der Waals surface area (Å²) in [5.41, 5.74) is 8.24. The third-order valence-corrected chi connectivity index (χ3v) is 2.18. The minimum Gasteiger partial charge on any atom is -0.404 e. The first-order chi connectivity index (χ1) is 7.35. The summed E-state index contributed by atoms with van der Waals surface area (Å²) in [6, 6.07) is 4.00. The van der Waals surface area contributed by atoms with Crippen LogP contribution < -0.4 is 5.73 Å². The highest BCUT2D eigenvalue weighted by atomic mass is 14.8. The quantitative estimate of drug-likeness (QED) is 0.722. The van der Waals surface area contributed by atoms with Crippen LogP contribution in [-0.2, 0) is 0 Å². The molecule has 0 aliphatic heterocycles. The van der Waals surface area contributed by atoms with Crippen LogP contribution in [-0.4, -0.2) is 23.2 Å². The van der Waals surface area contributed by atoms with Gasteiger partial charge in [-0.05, 0) is 12.1 Å². The zero-order valence-corrected chi connectivity index (χ0v) is 8.44. The van der Waals surface area contributed by atoms with E-state index in [-0.39, 0.29) is 0 Å². The number of nitrogens with two attached hydrogens (primary N) is 1. The molecule has 0 spiro atoms. The fourth-order valence-electron chi connectivity index (χ4n) is 1.45. The van der Waals surface area contributed by atoms with E-state index in [2.05, 4.69) is 15.0 Å². The van der Waals surface area contributed by atoms with Gasteiger partial charge in [0.25, 0.3) is 0 Å². The summed E-state index contributed by atoms with van der Waals surface area (Å²) >= 11 is 0. The van der Waals surface area contributed by atoms with Gasteiger partial charge in [-0.15, -0.1) is 0 Å². The number of nitrogens with zero attached hydrogens (tertiary/aromatic N) is 2. The predicted molar refractivity (Wildman–Crippen MR) is 62.7 cm³/mol. The lowest BCUT2D eigenvalue weighted by Gasteiger charge is -2.00. The molecule has 76 valence electrons. The van der Waals surface area contributed by atoms with Crippen molar-refractivity contribution in [2.24, 2.45) is 10.7 Å². The molecular formula is C11H12N4. The number of pyridine rings is 1. The second-order valence-electron chi connectivity index (χ2n) is 3.15. The molecule has 4 heteroatoms. The molecule has 15 heavy (non-hydrogen) atoms. The predicted octanol–water partition coefficient (Wildman–Crippen LogP) is 1.56. The fraction of sp³-hybridized carbons (Fsp3) is 0.0909. The molecule has 0 radical (unpaired) electrons. The van der Waals surface area contributed by atoms with Gasteiger partial charge in [0.05, 0.1) is 0 Å². The number of hydrogen-bond donors (Lipinski definition) is 2. The first-order valence-electron chi connectivity index (χ1n) is 4.62. The summed E-state index contributed by atoms with van der Waals surface area (Å²) < 4.78 is 0. The summed E-state index contributed by atoms with van der Waals surface area (Å²) in [5.74, 6) is 0. The van der Waals surface area contributed by atoms with E-state index in [0.717, 1.165) is 22.2 Å². The molecule has 0 unspecified atom stereocenters. The summed E-state index contributed by atoms with van der Waals surface area (Å²) in [5, 5.41) is 1.07. The third-order valence-electron chi connectivity index (χ3n) is 2.18. The van der Waals surface area contributed by atoms with Gasteiger partial charge < -0.3 is 10.7 Å². The Morgan fingerprint density at radius 1 is 1.60 bits per heavy atom. The van der Waals surface area contributed by atoms with E-state index in [1.165, 1.54) is 6.20 Å². The molecular weight excluding hydrogens is 188 g/mol. The van der Waals surface area contributed by atoms with Crippen LogP contribution in [0.2, 0.25) is 0 Å². The Labute approximate surface area is 87.5 Å². The van der Waals surface area contributed by atoms with Gasteiger partial charge in [0.1, 0.15) is 5.65 Å². The monoisotopic (exact) mass is 200 g/mol. The van der Waals surface area contributed by atoms with E-state index in [9.17, 15) is 0 Å². The third kappa shape index (κ3) is 1.74. The van der Waals surface area contributed by atoms with E-state index in [0.29, 0.717) is 0 Å². The number of rotatable bonds is 2. The molecule has 0 fully saturated rings. The second-order valence-corrected chi connectivity index (χ2v) is 3.15. The van der Waals surface area contributed by atoms with Gasteiger partial charge in [0.2, 0.25) is 0 Å². The average Bonchev–Trinajstić information content (AvgIpc) is 2.72. The van der Waals surface area contributed by atoms with Crippen LogP contribution in [0.15, 0.2) is 35.7 Å². The summed E-state index contributed by atoms with van der Waals surface area (Å²) in [6.07, 6.45) is 6.89. The molecule has 0 aliphatic rings. The van der Waals surface area contributed by atoms with Crippen LogP contribution in [0.25, 0.3) is 16.6 Å². The molecule has 4 nitrogen and oxygen atoms in total. The Morgan fingerprint density at radius 2 is 2.47 bits per heavy atom. The van der Waals surface area contributed by atoms with Gasteiger partial charge in [0.15, 0.2) is 0 Å². The lowest BCUT2D eigenvalue weighted by molar-refractivity contribution is 1.31. The zero-order chi connectivity index (χ0) is 10.7. The lowest BCUT2D eigenvalue weighted by atomic mass is 10.1. The van der Waals surface area contributed by atoms with Gasteiger partial charge in [-0.2, -0.15) is 0 Å². The van der Waals surface area contributed by atoms with Crippen molar-refractivity contribution in [1.29, 1.82) is 0 Å². The van der Waals surface area contributed by atoms with Crippen molar-refractivity contribution in [3.63, 3.8) is 0 Å². The van der Waals surface area contributed by atoms with Crippen LogP contribution >= 0.6 is 0 Å². The van der Waals surface area contributed by atoms with Crippen LogP contribution in [0.3, 0.4) is 0 Å². The molecule has 2 aromatic heterocycles. The van der Waals surface area contributed by atoms with Crippen LogP contribution in [0, 0.1) is 0 Å². The smallest absolute Gasteiger partial charge is 0.137 e. The van der Waals surface area contributed by atoms with E-state index in [1.54, 1.807) is 19.5 Å². The average molecular weight is 200 g/mol. The number of fused-ring (bicyclic) bond motifs is 1. The van der Waals surface area contributed by atoms with Crippen LogP contribution in [0.5, 0.6) is 0 Å². The van der Waals surface area contributed by atoms with Crippen LogP contribution in [0.4, 0.5) is 0 Å². The summed E-state index contributed by atoms with van der Waals surface area (Å²) in [6.45, 7) is 0. The molecule has 0 aliphatic carbocycles. The number of allylic oxidation sites excluding steroid dienone is 1. The van der Waals surface area contributed by atoms with Gasteiger partial charge in [-0.25, -0.2) is 4.98 Å². The van der Waals surface area contributed by atoms with Gasteiger partial charge in [-0.3, -0.25) is 4.99 Å². The number of aromatic nitrogens is 2. The van der Waals surface area contributed by atoms with E-state index in [1.807, 2.05) is 18.3 Å². The number of H-pyrrole nitrogens is 1. The Bertz CT molecular complexity index is 522. The van der Waals surface area contributed by atoms with E-state index >= 15 is 0 Å². The van der Waals surface area contributed by atoms with Crippen molar-refractivity contribution >= 4 is 22.8 Å². The molecule has 0 amide bonds. The van der Waals surface area contributed by atoms with Crippen molar-refractivity contribution in [3.05, 3.63) is 36.3 Å². The minimum atomic E-state index is 0.869. The van der Waals surface area contributed by atoms with E-state index < -0.39 is 0 Å². The SMILES string of the molecule is CN=C/C(=C\N)c1cnc2[nH]ccc2c1. The van der Waals surface area contributed by atoms with Gasteiger partial charge in [-0.1, -0.05) is 0 Å². The Balaban J connectivity index is 2.51. The molecule has 3 N–H and O–H groups in total. The molecule has 0 bridgehead atoms. The van der Waals surface area contributed by atoms with Crippen molar-refractivity contribution < 1.29 is 0 Å². The Kier molecular flexibility index (Phi) is 2.49. The topological polar surface area (TPSA) is 67.1 Å². The Morgan fingerprint density at radius 3 is 3.20 bits per heavy atom. The lowest BCUT2D eigenvalue weighted by Crippen LogP contribution is -1.92. The number of hydrogen-bond acceptors (Lipinski definition) is 3. The highest BCUT2D eigenvalue weighted by Gasteiger charge is 2.01. The first kappa shape index (κ1) is 9.45. The maximum atomic E-state index is 5.52. The van der Waals surface area contributed by atoms with Crippen LogP contribution in [0.1, 0.15) is 5.56 Å². The van der Waals surface area contributed by atoms with Gasteiger partial charge in [0, 0.05) is 48.4 Å². The summed E-state index contributed by atoms with van der Waals surface area (Å²) in [7, 11) is 1.71. The van der Waals surface area contributed by atoms with Crippen molar-refractivity contribution in [2.75, 3.05) is 7.05 Å². The largest absolute Gasteiger partial charge is 0.404 e. The normalized spacial score (nSPS) is 12.7. The second kappa shape index (κ2) is 3.96. The van der Waals surface area contributed by atoms with Gasteiger partial charge >= 0.3 is 0 Å². The zero-order valence-electron chi connectivity index (χ0n) is 8.44. The molecule has 0 saturated carbocycles. The minimum absolute atomic E-state index is 0.869.